The Kier molecular flexibility index (Phi) is 6.98. The van der Waals surface area contributed by atoms with Gasteiger partial charge in [0.2, 0.25) is 5.91 Å². The zero-order valence-electron chi connectivity index (χ0n) is 23.8. The first-order valence-electron chi connectivity index (χ1n) is 14.0. The first-order chi connectivity index (χ1) is 19.9. The van der Waals surface area contributed by atoms with Crippen molar-refractivity contribution >= 4 is 23.2 Å². The highest BCUT2D eigenvalue weighted by molar-refractivity contribution is 6.31. The number of pyridine rings is 2. The first kappa shape index (κ1) is 28.2. The van der Waals surface area contributed by atoms with Gasteiger partial charge in [-0.25, -0.2) is 14.4 Å². The third-order valence-corrected chi connectivity index (χ3v) is 8.34. The number of aliphatic hydroxyl groups is 1. The van der Waals surface area contributed by atoms with E-state index in [-0.39, 0.29) is 45.8 Å². The van der Waals surface area contributed by atoms with Crippen LogP contribution in [0.1, 0.15) is 73.2 Å². The zero-order valence-corrected chi connectivity index (χ0v) is 24.5. The van der Waals surface area contributed by atoms with Crippen molar-refractivity contribution in [2.45, 2.75) is 64.4 Å². The molecule has 8 nitrogen and oxygen atoms in total. The largest absolute Gasteiger partial charge is 0.382 e. The van der Waals surface area contributed by atoms with Crippen LogP contribution < -0.4 is 10.9 Å². The van der Waals surface area contributed by atoms with Gasteiger partial charge in [0.05, 0.1) is 22.8 Å². The summed E-state index contributed by atoms with van der Waals surface area (Å²) in [6.07, 6.45) is 5.68. The quantitative estimate of drug-likeness (QED) is 0.277. The summed E-state index contributed by atoms with van der Waals surface area (Å²) in [5, 5.41) is 13.2. The number of aromatic nitrogens is 4. The molecule has 0 bridgehead atoms. The molecule has 2 saturated carbocycles. The van der Waals surface area contributed by atoms with Crippen molar-refractivity contribution in [3.8, 4) is 17.1 Å². The Morgan fingerprint density at radius 3 is 2.57 bits per heavy atom. The van der Waals surface area contributed by atoms with Crippen LogP contribution in [0.4, 0.5) is 10.1 Å². The minimum atomic E-state index is -1.22. The van der Waals surface area contributed by atoms with Crippen LogP contribution in [0.5, 0.6) is 0 Å². The highest BCUT2D eigenvalue weighted by atomic mass is 35.5. The van der Waals surface area contributed by atoms with Gasteiger partial charge in [0, 0.05) is 24.0 Å². The number of halogens is 2. The first-order valence-corrected chi connectivity index (χ1v) is 14.4. The highest BCUT2D eigenvalue weighted by Gasteiger charge is 2.42. The van der Waals surface area contributed by atoms with Crippen LogP contribution in [0.15, 0.2) is 53.6 Å². The van der Waals surface area contributed by atoms with Gasteiger partial charge in [-0.15, -0.1) is 0 Å². The Morgan fingerprint density at radius 2 is 1.86 bits per heavy atom. The second kappa shape index (κ2) is 10.4. The number of nitrogens with one attached hydrogen (secondary N) is 1. The molecule has 4 aromatic rings. The third-order valence-electron chi connectivity index (χ3n) is 7.96. The molecule has 1 aromatic carbocycles. The molecular weight excluding hydrogens is 557 g/mol. The summed E-state index contributed by atoms with van der Waals surface area (Å²) in [4.78, 5) is 39.1. The van der Waals surface area contributed by atoms with Crippen LogP contribution in [-0.4, -0.2) is 30.5 Å². The van der Waals surface area contributed by atoms with Crippen molar-refractivity contribution < 1.29 is 14.3 Å². The summed E-state index contributed by atoms with van der Waals surface area (Å²) in [5.74, 6) is -0.305. The van der Waals surface area contributed by atoms with Crippen LogP contribution in [0.25, 0.3) is 17.1 Å². The fraction of sp³-hybridized carbons (Fsp3) is 0.344. The molecule has 3 aromatic heterocycles. The van der Waals surface area contributed by atoms with Gasteiger partial charge >= 0.3 is 0 Å². The van der Waals surface area contributed by atoms with Crippen LogP contribution in [0.2, 0.25) is 5.02 Å². The smallest absolute Gasteiger partial charge is 0.274 e. The van der Waals surface area contributed by atoms with Crippen molar-refractivity contribution in [2.24, 2.45) is 5.92 Å². The van der Waals surface area contributed by atoms with E-state index in [1.165, 1.54) is 6.07 Å². The van der Waals surface area contributed by atoms with E-state index in [2.05, 4.69) is 20.3 Å². The van der Waals surface area contributed by atoms with E-state index in [0.29, 0.717) is 22.8 Å². The lowest BCUT2D eigenvalue weighted by molar-refractivity contribution is -0.117. The summed E-state index contributed by atoms with van der Waals surface area (Å²) in [7, 11) is 0. The van der Waals surface area contributed by atoms with E-state index in [4.69, 9.17) is 11.6 Å². The Bertz CT molecular complexity index is 1790. The molecule has 0 radical (unpaired) electrons. The third kappa shape index (κ3) is 5.34. The number of benzene rings is 1. The van der Waals surface area contributed by atoms with Gasteiger partial charge in [-0.2, -0.15) is 0 Å². The van der Waals surface area contributed by atoms with Gasteiger partial charge < -0.3 is 10.4 Å². The highest BCUT2D eigenvalue weighted by Crippen LogP contribution is 2.56. The Labute approximate surface area is 247 Å². The van der Waals surface area contributed by atoms with E-state index in [1.807, 2.05) is 19.9 Å². The predicted octanol–water partition coefficient (Wildman–Crippen LogP) is 5.95. The minimum Gasteiger partial charge on any atom is -0.382 e. The second-order valence-corrected chi connectivity index (χ2v) is 12.2. The van der Waals surface area contributed by atoms with Crippen molar-refractivity contribution in [3.63, 3.8) is 0 Å². The molecule has 42 heavy (non-hydrogen) atoms. The monoisotopic (exact) mass is 587 g/mol. The van der Waals surface area contributed by atoms with Crippen LogP contribution in [0, 0.1) is 25.6 Å². The van der Waals surface area contributed by atoms with Crippen molar-refractivity contribution in [2.75, 3.05) is 5.32 Å². The van der Waals surface area contributed by atoms with Gasteiger partial charge in [0.1, 0.15) is 16.4 Å². The molecule has 0 aliphatic heterocycles. The maximum atomic E-state index is 14.4. The van der Waals surface area contributed by atoms with Crippen molar-refractivity contribution in [1.29, 1.82) is 0 Å². The molecule has 2 aliphatic carbocycles. The molecule has 10 heteroatoms. The molecule has 1 amide bonds. The average Bonchev–Trinajstić information content (AvgIpc) is 3.87. The second-order valence-electron chi connectivity index (χ2n) is 11.8. The molecule has 2 aliphatic rings. The summed E-state index contributed by atoms with van der Waals surface area (Å²) in [5.41, 5.74) is 3.44. The van der Waals surface area contributed by atoms with Crippen molar-refractivity contribution in [1.82, 2.24) is 19.5 Å². The van der Waals surface area contributed by atoms with Crippen LogP contribution >= 0.6 is 11.6 Å². The topological polar surface area (TPSA) is 110 Å². The van der Waals surface area contributed by atoms with Crippen molar-refractivity contribution in [3.05, 3.63) is 98.2 Å². The lowest BCUT2D eigenvalue weighted by Crippen LogP contribution is -2.23. The molecule has 0 spiro atoms. The van der Waals surface area contributed by atoms with Gasteiger partial charge in [-0.3, -0.25) is 19.1 Å². The Hall–Kier alpha value is -3.95. The standard InChI is InChI=1S/C32H31ClFN5O3/c1-16-15-36-26(24-9-10-35-31(38-24)32(3,4)42)14-27(16)39-17(2)11-22(28(33)30(39)41)21-13-20(21)19-7-8-23(34)25(12-19)37-29(40)18-5-6-18/h7-12,14-15,18,20-21,42H,5-6,13H2,1-4H3,(H,37,40)/t20-,21+/m1/s1. The maximum absolute atomic E-state index is 14.4. The number of nitrogens with zero attached hydrogens (tertiary/aromatic N) is 4. The molecule has 2 atom stereocenters. The fourth-order valence-electron chi connectivity index (χ4n) is 5.35. The van der Waals surface area contributed by atoms with Gasteiger partial charge in [0.15, 0.2) is 5.82 Å². The summed E-state index contributed by atoms with van der Waals surface area (Å²) < 4.78 is 16.0. The number of rotatable bonds is 7. The van der Waals surface area contributed by atoms with Gasteiger partial charge in [-0.05, 0) is 106 Å². The maximum Gasteiger partial charge on any atom is 0.274 e. The number of carbonyl (C=O) groups is 1. The molecule has 6 rings (SSSR count). The van der Waals surface area contributed by atoms with E-state index in [1.54, 1.807) is 55.1 Å². The number of amides is 1. The number of anilines is 1. The zero-order chi connectivity index (χ0) is 29.9. The molecule has 2 N–H and O–H groups in total. The molecule has 2 fully saturated rings. The molecule has 0 unspecified atom stereocenters. The SMILES string of the molecule is Cc1cnc(-c2ccnc(C(C)(C)O)n2)cc1-n1c(C)cc([C@H]2C[C@@H]2c2ccc(F)c(NC(=O)C3CC3)c2)c(Cl)c1=O. The number of hydrogen-bond donors (Lipinski definition) is 2. The summed E-state index contributed by atoms with van der Waals surface area (Å²) in [6.45, 7) is 6.95. The number of aryl methyl sites for hydroxylation is 2. The predicted molar refractivity (Wildman–Crippen MR) is 158 cm³/mol. The van der Waals surface area contributed by atoms with Crippen LogP contribution in [-0.2, 0) is 10.4 Å². The molecule has 3 heterocycles. The Balaban J connectivity index is 1.31. The molecule has 216 valence electrons. The van der Waals surface area contributed by atoms with E-state index >= 15 is 0 Å². The van der Waals surface area contributed by atoms with E-state index < -0.39 is 11.4 Å². The number of carbonyl (C=O) groups excluding carboxylic acids is 1. The fourth-order valence-corrected chi connectivity index (χ4v) is 5.63. The normalized spacial score (nSPS) is 18.2. The minimum absolute atomic E-state index is 0.00590. The van der Waals surface area contributed by atoms with Gasteiger partial charge in [0.25, 0.3) is 5.56 Å². The summed E-state index contributed by atoms with van der Waals surface area (Å²) >= 11 is 6.74. The average molecular weight is 588 g/mol. The molecule has 0 saturated heterocycles. The summed E-state index contributed by atoms with van der Waals surface area (Å²) in [6, 6.07) is 10.2. The van der Waals surface area contributed by atoms with E-state index in [0.717, 1.165) is 36.0 Å². The number of hydrogen-bond acceptors (Lipinski definition) is 6. The lowest BCUT2D eigenvalue weighted by Gasteiger charge is -2.17. The lowest BCUT2D eigenvalue weighted by atomic mass is 10.0. The van der Waals surface area contributed by atoms with Crippen LogP contribution in [0.3, 0.4) is 0 Å². The van der Waals surface area contributed by atoms with Gasteiger partial charge in [-0.1, -0.05) is 17.7 Å². The Morgan fingerprint density at radius 1 is 1.10 bits per heavy atom. The van der Waals surface area contributed by atoms with E-state index in [9.17, 15) is 19.1 Å². The molecular formula is C32H31ClFN5O3.